The van der Waals surface area contributed by atoms with Crippen LogP contribution in [0.3, 0.4) is 0 Å². The van der Waals surface area contributed by atoms with Crippen molar-refractivity contribution in [3.05, 3.63) is 23.0 Å². The highest BCUT2D eigenvalue weighted by Crippen LogP contribution is 2.15. The van der Waals surface area contributed by atoms with Crippen LogP contribution in [0.1, 0.15) is 5.69 Å². The smallest absolute Gasteiger partial charge is 0.239 e. The molecular weight excluding hydrogens is 200 g/mol. The molecule has 4 nitrogen and oxygen atoms in total. The zero-order valence-corrected chi connectivity index (χ0v) is 7.85. The van der Waals surface area contributed by atoms with E-state index < -0.39 is 10.0 Å². The topological polar surface area (TPSA) is 73.0 Å². The highest BCUT2D eigenvalue weighted by molar-refractivity contribution is 7.89. The Morgan fingerprint density at radius 1 is 1.58 bits per heavy atom. The normalized spacial score (nSPS) is 11.6. The van der Waals surface area contributed by atoms with Crippen molar-refractivity contribution >= 4 is 21.6 Å². The van der Waals surface area contributed by atoms with E-state index in [0.717, 1.165) is 0 Å². The molecule has 0 fully saturated rings. The highest BCUT2D eigenvalue weighted by Gasteiger charge is 2.12. The predicted octanol–water partition coefficient (Wildman–Crippen LogP) is 0.691. The van der Waals surface area contributed by atoms with Gasteiger partial charge in [-0.05, 0) is 13.0 Å². The van der Waals surface area contributed by atoms with Crippen LogP contribution in [-0.2, 0) is 10.0 Å². The molecule has 0 amide bonds. The zero-order valence-electron chi connectivity index (χ0n) is 6.28. The molecule has 0 radical (unpaired) electrons. The van der Waals surface area contributed by atoms with E-state index >= 15 is 0 Å². The van der Waals surface area contributed by atoms with Crippen LogP contribution in [0.5, 0.6) is 0 Å². The van der Waals surface area contributed by atoms with Gasteiger partial charge in [-0.25, -0.2) is 13.6 Å². The molecule has 6 heteroatoms. The van der Waals surface area contributed by atoms with Crippen LogP contribution in [0.2, 0.25) is 5.02 Å². The monoisotopic (exact) mass is 206 g/mol. The lowest BCUT2D eigenvalue weighted by atomic mass is 10.4. The molecule has 1 aromatic heterocycles. The van der Waals surface area contributed by atoms with Crippen LogP contribution in [0.4, 0.5) is 0 Å². The van der Waals surface area contributed by atoms with Gasteiger partial charge in [0, 0.05) is 6.20 Å². The summed E-state index contributed by atoms with van der Waals surface area (Å²) in [6.45, 7) is 1.55. The lowest BCUT2D eigenvalue weighted by Gasteiger charge is -2.01. The second-order valence-corrected chi connectivity index (χ2v) is 4.25. The number of nitrogens with two attached hydrogens (primary N) is 1. The van der Waals surface area contributed by atoms with Gasteiger partial charge in [0.05, 0.1) is 10.7 Å². The first-order valence-electron chi connectivity index (χ1n) is 3.06. The fourth-order valence-corrected chi connectivity index (χ4v) is 1.76. The molecule has 1 heterocycles. The van der Waals surface area contributed by atoms with Crippen molar-refractivity contribution in [3.8, 4) is 0 Å². The maximum Gasteiger partial charge on any atom is 0.239 e. The molecule has 66 valence electrons. The Morgan fingerprint density at radius 3 is 2.58 bits per heavy atom. The number of halogens is 1. The third-order valence-electron chi connectivity index (χ3n) is 1.31. The van der Waals surface area contributed by atoms with E-state index in [2.05, 4.69) is 4.98 Å². The number of aryl methyl sites for hydroxylation is 1. The minimum atomic E-state index is -3.70. The summed E-state index contributed by atoms with van der Waals surface area (Å²) in [4.78, 5) is 3.72. The first-order chi connectivity index (χ1) is 5.41. The van der Waals surface area contributed by atoms with Gasteiger partial charge >= 0.3 is 0 Å². The maximum atomic E-state index is 10.9. The van der Waals surface area contributed by atoms with Gasteiger partial charge in [-0.2, -0.15) is 0 Å². The minimum Gasteiger partial charge on any atom is -0.259 e. The maximum absolute atomic E-state index is 10.9. The fraction of sp³-hybridized carbons (Fsp3) is 0.167. The fourth-order valence-electron chi connectivity index (χ4n) is 0.777. The Kier molecular flexibility index (Phi) is 2.36. The van der Waals surface area contributed by atoms with Crippen molar-refractivity contribution < 1.29 is 8.42 Å². The van der Waals surface area contributed by atoms with E-state index in [1.807, 2.05) is 0 Å². The second-order valence-electron chi connectivity index (χ2n) is 2.28. The Balaban J connectivity index is 3.43. The van der Waals surface area contributed by atoms with Crippen molar-refractivity contribution in [1.82, 2.24) is 4.98 Å². The van der Waals surface area contributed by atoms with Gasteiger partial charge in [0.25, 0.3) is 0 Å². The van der Waals surface area contributed by atoms with Crippen molar-refractivity contribution in [2.75, 3.05) is 0 Å². The molecule has 0 bridgehead atoms. The molecule has 1 rings (SSSR count). The molecule has 0 saturated heterocycles. The van der Waals surface area contributed by atoms with Crippen LogP contribution in [-0.4, -0.2) is 13.4 Å². The number of aromatic nitrogens is 1. The summed E-state index contributed by atoms with van der Waals surface area (Å²) in [5.41, 5.74) is 0.349. The van der Waals surface area contributed by atoms with Crippen LogP contribution in [0.25, 0.3) is 0 Å². The van der Waals surface area contributed by atoms with Gasteiger partial charge in [-0.15, -0.1) is 0 Å². The number of rotatable bonds is 1. The zero-order chi connectivity index (χ0) is 9.35. The number of hydrogen-bond acceptors (Lipinski definition) is 3. The largest absolute Gasteiger partial charge is 0.259 e. The quantitative estimate of drug-likeness (QED) is 0.735. The van der Waals surface area contributed by atoms with Crippen LogP contribution < -0.4 is 5.14 Å². The molecule has 0 unspecified atom stereocenters. The van der Waals surface area contributed by atoms with Crippen LogP contribution in [0, 0.1) is 6.92 Å². The number of nitrogens with zero attached hydrogens (tertiary/aromatic N) is 1. The molecule has 0 spiro atoms. The van der Waals surface area contributed by atoms with Gasteiger partial charge in [0.2, 0.25) is 10.0 Å². The number of primary sulfonamides is 1. The van der Waals surface area contributed by atoms with Gasteiger partial charge < -0.3 is 0 Å². The van der Waals surface area contributed by atoms with E-state index in [0.29, 0.717) is 5.69 Å². The van der Waals surface area contributed by atoms with Crippen molar-refractivity contribution in [3.63, 3.8) is 0 Å². The molecule has 0 atom stereocenters. The first kappa shape index (κ1) is 9.44. The molecule has 0 saturated carbocycles. The molecule has 1 aromatic rings. The van der Waals surface area contributed by atoms with Gasteiger partial charge in [-0.3, -0.25) is 4.98 Å². The van der Waals surface area contributed by atoms with Gasteiger partial charge in [0.1, 0.15) is 4.90 Å². The Labute approximate surface area is 75.4 Å². The van der Waals surface area contributed by atoms with E-state index in [-0.39, 0.29) is 9.92 Å². The summed E-state index contributed by atoms with van der Waals surface area (Å²) in [5, 5.41) is 5.15. The lowest BCUT2D eigenvalue weighted by molar-refractivity contribution is 0.596. The highest BCUT2D eigenvalue weighted by atomic mass is 35.5. The van der Waals surface area contributed by atoms with Crippen LogP contribution in [0.15, 0.2) is 17.2 Å². The number of sulfonamides is 1. The van der Waals surface area contributed by atoms with E-state index in [1.54, 1.807) is 6.92 Å². The summed E-state index contributed by atoms with van der Waals surface area (Å²) in [6, 6.07) is 1.28. The van der Waals surface area contributed by atoms with E-state index in [4.69, 9.17) is 16.7 Å². The lowest BCUT2D eigenvalue weighted by Crippen LogP contribution is -2.14. The molecule has 2 N–H and O–H groups in total. The Morgan fingerprint density at radius 2 is 2.17 bits per heavy atom. The number of pyridine rings is 1. The van der Waals surface area contributed by atoms with E-state index in [1.165, 1.54) is 12.3 Å². The molecule has 0 aliphatic carbocycles. The SMILES string of the molecule is Cc1ncc(Cl)cc1S(N)(=O)=O. The minimum absolute atomic E-state index is 0.0324. The van der Waals surface area contributed by atoms with Crippen molar-refractivity contribution in [2.45, 2.75) is 11.8 Å². The third kappa shape index (κ3) is 1.94. The summed E-state index contributed by atoms with van der Waals surface area (Å²) in [5.74, 6) is 0. The summed E-state index contributed by atoms with van der Waals surface area (Å²) >= 11 is 5.54. The van der Waals surface area contributed by atoms with E-state index in [9.17, 15) is 8.42 Å². The van der Waals surface area contributed by atoms with Crippen molar-refractivity contribution in [1.29, 1.82) is 0 Å². The van der Waals surface area contributed by atoms with Crippen molar-refractivity contribution in [2.24, 2.45) is 5.14 Å². The predicted molar refractivity (Wildman–Crippen MR) is 45.4 cm³/mol. The summed E-state index contributed by atoms with van der Waals surface area (Å²) in [6.07, 6.45) is 1.37. The molecule has 0 aliphatic rings. The van der Waals surface area contributed by atoms with Crippen LogP contribution >= 0.6 is 11.6 Å². The third-order valence-corrected chi connectivity index (χ3v) is 2.55. The molecule has 0 aliphatic heterocycles. The average molecular weight is 207 g/mol. The second kappa shape index (κ2) is 3.01. The number of hydrogen-bond donors (Lipinski definition) is 1. The van der Waals surface area contributed by atoms with Gasteiger partial charge in [0.15, 0.2) is 0 Å². The average Bonchev–Trinajstić information content (AvgIpc) is 1.92. The molecule has 12 heavy (non-hydrogen) atoms. The molecule has 0 aromatic carbocycles. The Hall–Kier alpha value is -0.650. The van der Waals surface area contributed by atoms with Gasteiger partial charge in [-0.1, -0.05) is 11.6 Å². The summed E-state index contributed by atoms with van der Waals surface area (Å²) in [7, 11) is -3.70. The Bertz CT molecular complexity index is 402. The molecular formula is C6H7ClN2O2S. The summed E-state index contributed by atoms with van der Waals surface area (Å²) < 4.78 is 21.8. The standard InChI is InChI=1S/C6H7ClN2O2S/c1-4-6(12(8,10)11)2-5(7)3-9-4/h2-3H,1H3,(H2,8,10,11). The first-order valence-corrected chi connectivity index (χ1v) is 4.98.